The summed E-state index contributed by atoms with van der Waals surface area (Å²) in [6, 6.07) is 18.2. The minimum atomic E-state index is -4.53. The summed E-state index contributed by atoms with van der Waals surface area (Å²) in [4.78, 5) is 18.1. The van der Waals surface area contributed by atoms with Gasteiger partial charge >= 0.3 is 6.18 Å². The Kier molecular flexibility index (Phi) is 9.97. The number of nitrogens with one attached hydrogen (secondary N) is 2. The van der Waals surface area contributed by atoms with Crippen molar-refractivity contribution >= 4 is 21.8 Å². The maximum absolute atomic E-state index is 13.7. The zero-order chi connectivity index (χ0) is 33.0. The molecule has 2 N–H and O–H groups in total. The van der Waals surface area contributed by atoms with E-state index in [0.717, 1.165) is 65.5 Å². The first-order valence-corrected chi connectivity index (χ1v) is 16.5. The molecule has 0 aromatic heterocycles. The standard InChI is InChI=1S/C34H36F4N4O3S/c1-24(31-40-23-33(41-31,20-25-6-3-2-4-7-25)32(43)39-21-26-8-5-9-26)18-19-42(46(44,45)30-16-14-29(35)15-17-30)22-27-10-12-28(13-11-27)34(36,37)38/h2-4,6-7,10-17,26H,1,5,8-9,18-23H2,(H,39,43)(H,40,41). The first-order chi connectivity index (χ1) is 21.9. The topological polar surface area (TPSA) is 90.9 Å². The highest BCUT2D eigenvalue weighted by molar-refractivity contribution is 7.89. The molecular weight excluding hydrogens is 620 g/mol. The predicted octanol–water partition coefficient (Wildman–Crippen LogP) is 5.88. The van der Waals surface area contributed by atoms with Crippen LogP contribution < -0.4 is 10.6 Å². The Labute approximate surface area is 266 Å². The molecule has 5 rings (SSSR count). The molecule has 1 saturated carbocycles. The number of carbonyl (C=O) groups is 1. The van der Waals surface area contributed by atoms with Gasteiger partial charge in [-0.05, 0) is 78.3 Å². The van der Waals surface area contributed by atoms with Crippen molar-refractivity contribution in [1.82, 2.24) is 14.9 Å². The molecule has 3 aromatic carbocycles. The van der Waals surface area contributed by atoms with E-state index in [1.54, 1.807) is 0 Å². The van der Waals surface area contributed by atoms with Gasteiger partial charge in [-0.3, -0.25) is 9.79 Å². The monoisotopic (exact) mass is 656 g/mol. The average Bonchev–Trinajstić information content (AvgIpc) is 3.44. The predicted molar refractivity (Wildman–Crippen MR) is 168 cm³/mol. The molecule has 1 atom stereocenters. The maximum atomic E-state index is 13.7. The van der Waals surface area contributed by atoms with Gasteiger partial charge in [0.05, 0.1) is 17.0 Å². The van der Waals surface area contributed by atoms with Gasteiger partial charge < -0.3 is 10.6 Å². The maximum Gasteiger partial charge on any atom is 0.416 e. The van der Waals surface area contributed by atoms with E-state index in [4.69, 9.17) is 0 Å². The Morgan fingerprint density at radius 1 is 1.00 bits per heavy atom. The highest BCUT2D eigenvalue weighted by atomic mass is 32.2. The van der Waals surface area contributed by atoms with Crippen LogP contribution >= 0.6 is 0 Å². The number of rotatable bonds is 13. The van der Waals surface area contributed by atoms with Crippen LogP contribution in [0.2, 0.25) is 0 Å². The van der Waals surface area contributed by atoms with Crippen LogP contribution in [0.5, 0.6) is 0 Å². The lowest BCUT2D eigenvalue weighted by atomic mass is 9.85. The summed E-state index contributed by atoms with van der Waals surface area (Å²) in [6.07, 6.45) is -0.714. The number of benzene rings is 3. The largest absolute Gasteiger partial charge is 0.416 e. The molecule has 244 valence electrons. The average molecular weight is 657 g/mol. The summed E-state index contributed by atoms with van der Waals surface area (Å²) in [6.45, 7) is 4.55. The van der Waals surface area contributed by atoms with Crippen LogP contribution in [0.4, 0.5) is 17.6 Å². The van der Waals surface area contributed by atoms with E-state index in [1.165, 1.54) is 12.1 Å². The fourth-order valence-corrected chi connectivity index (χ4v) is 6.93. The molecule has 0 bridgehead atoms. The molecule has 1 aliphatic heterocycles. The van der Waals surface area contributed by atoms with Crippen molar-refractivity contribution in [2.45, 2.75) is 55.3 Å². The molecule has 1 amide bonds. The fraction of sp³-hybridized carbons (Fsp3) is 0.353. The Bertz CT molecular complexity index is 1670. The van der Waals surface area contributed by atoms with Crippen LogP contribution in [-0.4, -0.2) is 49.6 Å². The van der Waals surface area contributed by atoms with Crippen molar-refractivity contribution in [2.24, 2.45) is 10.9 Å². The Hall–Kier alpha value is -4.03. The van der Waals surface area contributed by atoms with Gasteiger partial charge in [0.25, 0.3) is 0 Å². The van der Waals surface area contributed by atoms with Gasteiger partial charge in [0, 0.05) is 26.1 Å². The number of hydrogen-bond acceptors (Lipinski definition) is 5. The van der Waals surface area contributed by atoms with Gasteiger partial charge in [-0.1, -0.05) is 55.5 Å². The highest BCUT2D eigenvalue weighted by Gasteiger charge is 2.43. The van der Waals surface area contributed by atoms with E-state index in [9.17, 15) is 30.8 Å². The summed E-state index contributed by atoms with van der Waals surface area (Å²) in [5.41, 5.74) is -0.148. The number of nitrogens with zero attached hydrogens (tertiary/aromatic N) is 2. The third-order valence-electron chi connectivity index (χ3n) is 8.51. The van der Waals surface area contributed by atoms with Crippen molar-refractivity contribution < 1.29 is 30.8 Å². The van der Waals surface area contributed by atoms with Gasteiger partial charge in [0.2, 0.25) is 15.9 Å². The van der Waals surface area contributed by atoms with E-state index in [1.807, 2.05) is 30.3 Å². The summed E-state index contributed by atoms with van der Waals surface area (Å²) in [5, 5.41) is 6.40. The third-order valence-corrected chi connectivity index (χ3v) is 10.4. The summed E-state index contributed by atoms with van der Waals surface area (Å²) in [5.74, 6) is 0.0804. The van der Waals surface area contributed by atoms with Crippen LogP contribution in [0.25, 0.3) is 0 Å². The molecule has 0 spiro atoms. The molecule has 0 saturated heterocycles. The molecular formula is C34H36F4N4O3S. The van der Waals surface area contributed by atoms with Crippen LogP contribution in [0.1, 0.15) is 42.4 Å². The van der Waals surface area contributed by atoms with Crippen LogP contribution in [0, 0.1) is 11.7 Å². The number of halogens is 4. The van der Waals surface area contributed by atoms with E-state index >= 15 is 0 Å². The summed E-state index contributed by atoms with van der Waals surface area (Å²) < 4.78 is 81.4. The number of aliphatic imine (C=N–C) groups is 1. The minimum Gasteiger partial charge on any atom is -0.354 e. The molecule has 1 unspecified atom stereocenters. The molecule has 1 aliphatic carbocycles. The zero-order valence-corrected chi connectivity index (χ0v) is 26.0. The molecule has 2 aliphatic rings. The number of amides is 1. The lowest BCUT2D eigenvalue weighted by Crippen LogP contribution is -2.59. The van der Waals surface area contributed by atoms with Crippen LogP contribution in [-0.2, 0) is 34.0 Å². The number of carbonyl (C=O) groups excluding carboxylic acids is 1. The molecule has 1 fully saturated rings. The van der Waals surface area contributed by atoms with Gasteiger partial charge in [-0.2, -0.15) is 17.5 Å². The number of sulfonamides is 1. The quantitative estimate of drug-likeness (QED) is 0.225. The van der Waals surface area contributed by atoms with Crippen molar-refractivity contribution in [2.75, 3.05) is 19.6 Å². The Morgan fingerprint density at radius 3 is 2.28 bits per heavy atom. The number of hydrogen-bond donors (Lipinski definition) is 2. The normalized spacial score (nSPS) is 18.5. The second-order valence-corrected chi connectivity index (χ2v) is 13.8. The van der Waals surface area contributed by atoms with Gasteiger partial charge in [-0.15, -0.1) is 0 Å². The lowest BCUT2D eigenvalue weighted by molar-refractivity contribution is -0.137. The van der Waals surface area contributed by atoms with E-state index in [2.05, 4.69) is 22.2 Å². The second-order valence-electron chi connectivity index (χ2n) is 11.9. The van der Waals surface area contributed by atoms with E-state index in [-0.39, 0.29) is 36.9 Å². The second kappa shape index (κ2) is 13.8. The zero-order valence-electron chi connectivity index (χ0n) is 25.2. The first kappa shape index (κ1) is 33.3. The minimum absolute atomic E-state index is 0.0974. The number of alkyl halides is 3. The van der Waals surface area contributed by atoms with Crippen molar-refractivity contribution in [3.63, 3.8) is 0 Å². The van der Waals surface area contributed by atoms with Crippen molar-refractivity contribution in [3.05, 3.63) is 114 Å². The fourth-order valence-electron chi connectivity index (χ4n) is 5.50. The van der Waals surface area contributed by atoms with Crippen LogP contribution in [0.3, 0.4) is 0 Å². The smallest absolute Gasteiger partial charge is 0.354 e. The van der Waals surface area contributed by atoms with Gasteiger partial charge in [0.15, 0.2) is 0 Å². The number of amidine groups is 1. The Balaban J connectivity index is 1.32. The van der Waals surface area contributed by atoms with E-state index in [0.29, 0.717) is 35.9 Å². The van der Waals surface area contributed by atoms with Crippen molar-refractivity contribution in [1.29, 1.82) is 0 Å². The third kappa shape index (κ3) is 7.84. The molecule has 12 heteroatoms. The highest BCUT2D eigenvalue weighted by Crippen LogP contribution is 2.30. The Morgan fingerprint density at radius 2 is 1.67 bits per heavy atom. The van der Waals surface area contributed by atoms with Crippen molar-refractivity contribution in [3.8, 4) is 0 Å². The molecule has 1 heterocycles. The first-order valence-electron chi connectivity index (χ1n) is 15.1. The lowest BCUT2D eigenvalue weighted by Gasteiger charge is -2.32. The SMILES string of the molecule is C=C(CCN(Cc1ccc(C(F)(F)F)cc1)S(=O)(=O)c1ccc(F)cc1)C1=NCC(Cc2ccccc2)(C(=O)NCC2CCC2)N1. The van der Waals surface area contributed by atoms with Gasteiger partial charge in [0.1, 0.15) is 17.2 Å². The molecule has 46 heavy (non-hydrogen) atoms. The van der Waals surface area contributed by atoms with Gasteiger partial charge in [-0.25, -0.2) is 12.8 Å². The summed E-state index contributed by atoms with van der Waals surface area (Å²) >= 11 is 0. The molecule has 7 nitrogen and oxygen atoms in total. The van der Waals surface area contributed by atoms with E-state index < -0.39 is 33.1 Å². The molecule has 3 aromatic rings. The molecule has 0 radical (unpaired) electrons. The van der Waals surface area contributed by atoms with Crippen LogP contribution in [0.15, 0.2) is 101 Å². The summed E-state index contributed by atoms with van der Waals surface area (Å²) in [7, 11) is -4.18.